The van der Waals surface area contributed by atoms with E-state index in [9.17, 15) is 9.59 Å². The smallest absolute Gasteiger partial charge is 0.253 e. The third-order valence-corrected chi connectivity index (χ3v) is 5.06. The Morgan fingerprint density at radius 1 is 1.21 bits per heavy atom. The van der Waals surface area contributed by atoms with Crippen molar-refractivity contribution < 1.29 is 14.3 Å². The second-order valence-corrected chi connectivity index (χ2v) is 7.22. The first-order chi connectivity index (χ1) is 13.4. The number of nitrogens with one attached hydrogen (secondary N) is 1. The van der Waals surface area contributed by atoms with Crippen LogP contribution in [0.3, 0.4) is 0 Å². The van der Waals surface area contributed by atoms with Gasteiger partial charge >= 0.3 is 0 Å². The molecule has 0 aliphatic carbocycles. The minimum atomic E-state index is -0.106. The van der Waals surface area contributed by atoms with Crippen molar-refractivity contribution in [2.75, 3.05) is 38.0 Å². The maximum Gasteiger partial charge on any atom is 0.253 e. The third-order valence-electron chi connectivity index (χ3n) is 5.06. The van der Waals surface area contributed by atoms with Gasteiger partial charge in [-0.25, -0.2) is 0 Å². The zero-order valence-corrected chi connectivity index (χ0v) is 16.9. The molecule has 148 valence electrons. The van der Waals surface area contributed by atoms with Crippen LogP contribution in [-0.4, -0.2) is 50.5 Å². The van der Waals surface area contributed by atoms with E-state index < -0.39 is 0 Å². The van der Waals surface area contributed by atoms with E-state index in [4.69, 9.17) is 4.74 Å². The minimum Gasteiger partial charge on any atom is -0.489 e. The zero-order valence-electron chi connectivity index (χ0n) is 16.9. The van der Waals surface area contributed by atoms with Crippen molar-refractivity contribution in [2.24, 2.45) is 0 Å². The van der Waals surface area contributed by atoms with E-state index in [2.05, 4.69) is 12.2 Å². The van der Waals surface area contributed by atoms with Gasteiger partial charge in [0, 0.05) is 32.4 Å². The molecular weight excluding hydrogens is 354 g/mol. The fourth-order valence-electron chi connectivity index (χ4n) is 3.36. The van der Waals surface area contributed by atoms with Crippen LogP contribution in [0.2, 0.25) is 0 Å². The van der Waals surface area contributed by atoms with Gasteiger partial charge < -0.3 is 19.9 Å². The highest BCUT2D eigenvalue weighted by molar-refractivity contribution is 5.96. The Bertz CT molecular complexity index is 879. The Morgan fingerprint density at radius 2 is 1.96 bits per heavy atom. The van der Waals surface area contributed by atoms with Gasteiger partial charge in [-0.3, -0.25) is 9.59 Å². The van der Waals surface area contributed by atoms with Crippen molar-refractivity contribution in [1.29, 1.82) is 0 Å². The van der Waals surface area contributed by atoms with Gasteiger partial charge in [-0.1, -0.05) is 25.1 Å². The summed E-state index contributed by atoms with van der Waals surface area (Å²) < 4.78 is 5.85. The number of aryl methyl sites for hydroxylation is 1. The highest BCUT2D eigenvalue weighted by Gasteiger charge is 2.28. The summed E-state index contributed by atoms with van der Waals surface area (Å²) in [5.74, 6) is 0.614. The molecule has 0 saturated heterocycles. The standard InChI is InChI=1S/C22H27N3O3/c1-5-15-8-6-7-9-18(15)23-21(26)13-17-14-28-20-11-10-16(22(27)24(2)3)12-19(20)25(17)4/h6-12,17H,5,13-14H2,1-4H3,(H,23,26). The first-order valence-electron chi connectivity index (χ1n) is 9.49. The summed E-state index contributed by atoms with van der Waals surface area (Å²) in [7, 11) is 5.38. The van der Waals surface area contributed by atoms with Crippen LogP contribution in [0.4, 0.5) is 11.4 Å². The van der Waals surface area contributed by atoms with Crippen molar-refractivity contribution in [3.8, 4) is 5.75 Å². The highest BCUT2D eigenvalue weighted by atomic mass is 16.5. The average Bonchev–Trinajstić information content (AvgIpc) is 2.69. The van der Waals surface area contributed by atoms with Gasteiger partial charge in [0.25, 0.3) is 5.91 Å². The molecule has 0 saturated carbocycles. The van der Waals surface area contributed by atoms with Gasteiger partial charge in [0.05, 0.1) is 18.2 Å². The van der Waals surface area contributed by atoms with E-state index >= 15 is 0 Å². The quantitative estimate of drug-likeness (QED) is 0.864. The molecule has 0 radical (unpaired) electrons. The molecule has 6 nitrogen and oxygen atoms in total. The van der Waals surface area contributed by atoms with Crippen LogP contribution in [0.1, 0.15) is 29.3 Å². The van der Waals surface area contributed by atoms with Crippen LogP contribution in [0, 0.1) is 0 Å². The largest absolute Gasteiger partial charge is 0.489 e. The van der Waals surface area contributed by atoms with Crippen LogP contribution in [0.25, 0.3) is 0 Å². The second kappa shape index (κ2) is 8.33. The Kier molecular flexibility index (Phi) is 5.87. The summed E-state index contributed by atoms with van der Waals surface area (Å²) >= 11 is 0. The molecule has 0 spiro atoms. The lowest BCUT2D eigenvalue weighted by molar-refractivity contribution is -0.116. The Morgan fingerprint density at radius 3 is 2.68 bits per heavy atom. The summed E-state index contributed by atoms with van der Waals surface area (Å²) in [5.41, 5.74) is 3.39. The topological polar surface area (TPSA) is 61.9 Å². The molecule has 1 unspecified atom stereocenters. The van der Waals surface area contributed by atoms with Gasteiger partial charge in [-0.2, -0.15) is 0 Å². The number of carbonyl (C=O) groups excluding carboxylic acids is 2. The fourth-order valence-corrected chi connectivity index (χ4v) is 3.36. The molecule has 1 aliphatic rings. The molecule has 1 aliphatic heterocycles. The van der Waals surface area contributed by atoms with Crippen LogP contribution < -0.4 is 15.0 Å². The van der Waals surface area contributed by atoms with E-state index in [0.29, 0.717) is 18.6 Å². The molecule has 0 bridgehead atoms. The fraction of sp³-hybridized carbons (Fsp3) is 0.364. The number of rotatable bonds is 5. The summed E-state index contributed by atoms with van der Waals surface area (Å²) in [5, 5.41) is 3.02. The first kappa shape index (κ1) is 19.7. The number of nitrogens with zero attached hydrogens (tertiary/aromatic N) is 2. The van der Waals surface area contributed by atoms with Gasteiger partial charge in [0.2, 0.25) is 5.91 Å². The molecule has 2 aromatic carbocycles. The predicted molar refractivity (Wildman–Crippen MR) is 111 cm³/mol. The number of carbonyl (C=O) groups is 2. The Hall–Kier alpha value is -3.02. The first-order valence-corrected chi connectivity index (χ1v) is 9.49. The Labute approximate surface area is 166 Å². The molecule has 0 aromatic heterocycles. The molecule has 28 heavy (non-hydrogen) atoms. The average molecular weight is 381 g/mol. The van der Waals surface area contributed by atoms with Crippen LogP contribution in [-0.2, 0) is 11.2 Å². The van der Waals surface area contributed by atoms with Crippen molar-refractivity contribution >= 4 is 23.2 Å². The lowest BCUT2D eigenvalue weighted by atomic mass is 10.1. The SMILES string of the molecule is CCc1ccccc1NC(=O)CC1COc2ccc(C(=O)N(C)C)cc2N1C. The van der Waals surface area contributed by atoms with E-state index in [0.717, 1.165) is 29.1 Å². The molecule has 1 atom stereocenters. The van der Waals surface area contributed by atoms with Gasteiger partial charge in [0.1, 0.15) is 12.4 Å². The number of anilines is 2. The molecule has 1 heterocycles. The number of hydrogen-bond acceptors (Lipinski definition) is 4. The van der Waals surface area contributed by atoms with Gasteiger partial charge in [0.15, 0.2) is 0 Å². The van der Waals surface area contributed by atoms with E-state index in [-0.39, 0.29) is 17.9 Å². The molecule has 0 fully saturated rings. The number of ether oxygens (including phenoxy) is 1. The van der Waals surface area contributed by atoms with Gasteiger partial charge in [-0.05, 0) is 36.2 Å². The van der Waals surface area contributed by atoms with Crippen molar-refractivity contribution in [1.82, 2.24) is 4.90 Å². The van der Waals surface area contributed by atoms with Crippen LogP contribution >= 0.6 is 0 Å². The lowest BCUT2D eigenvalue weighted by Crippen LogP contribution is -2.42. The molecule has 2 amide bonds. The minimum absolute atomic E-state index is 0.0506. The monoisotopic (exact) mass is 381 g/mol. The summed E-state index contributed by atoms with van der Waals surface area (Å²) in [6, 6.07) is 13.1. The maximum absolute atomic E-state index is 12.6. The summed E-state index contributed by atoms with van der Waals surface area (Å²) in [4.78, 5) is 28.4. The molecular formula is C22H27N3O3. The molecule has 6 heteroatoms. The molecule has 2 aromatic rings. The van der Waals surface area contributed by atoms with Crippen molar-refractivity contribution in [3.05, 3.63) is 53.6 Å². The maximum atomic E-state index is 12.6. The van der Waals surface area contributed by atoms with Gasteiger partial charge in [-0.15, -0.1) is 0 Å². The van der Waals surface area contributed by atoms with E-state index in [1.54, 1.807) is 25.1 Å². The number of hydrogen-bond donors (Lipinski definition) is 1. The lowest BCUT2D eigenvalue weighted by Gasteiger charge is -2.36. The number of likely N-dealkylation sites (N-methyl/N-ethyl adjacent to an activating group) is 1. The summed E-state index contributed by atoms with van der Waals surface area (Å²) in [6.45, 7) is 2.49. The number of amides is 2. The second-order valence-electron chi connectivity index (χ2n) is 7.22. The normalized spacial score (nSPS) is 15.4. The number of fused-ring (bicyclic) bond motifs is 1. The molecule has 1 N–H and O–H groups in total. The van der Waals surface area contributed by atoms with E-state index in [1.807, 2.05) is 48.3 Å². The van der Waals surface area contributed by atoms with Crippen molar-refractivity contribution in [2.45, 2.75) is 25.8 Å². The highest BCUT2D eigenvalue weighted by Crippen LogP contribution is 2.34. The predicted octanol–water partition coefficient (Wildman–Crippen LogP) is 3.18. The zero-order chi connectivity index (χ0) is 20.3. The third kappa shape index (κ3) is 4.11. The molecule has 3 rings (SSSR count). The van der Waals surface area contributed by atoms with E-state index in [1.165, 1.54) is 0 Å². The number of para-hydroxylation sites is 1. The summed E-state index contributed by atoms with van der Waals surface area (Å²) in [6.07, 6.45) is 1.17. The van der Waals surface area contributed by atoms with Crippen LogP contribution in [0.5, 0.6) is 5.75 Å². The Balaban J connectivity index is 1.73. The van der Waals surface area contributed by atoms with Crippen LogP contribution in [0.15, 0.2) is 42.5 Å². The van der Waals surface area contributed by atoms with Crippen molar-refractivity contribution in [3.63, 3.8) is 0 Å². The number of benzene rings is 2.